The lowest BCUT2D eigenvalue weighted by molar-refractivity contribution is 0.185. The van der Waals surface area contributed by atoms with Crippen molar-refractivity contribution < 1.29 is 13.2 Å². The van der Waals surface area contributed by atoms with Crippen LogP contribution in [0.2, 0.25) is 0 Å². The van der Waals surface area contributed by atoms with Gasteiger partial charge in [0.15, 0.2) is 0 Å². The molecule has 0 aromatic heterocycles. The number of hydrogen-bond donors (Lipinski definition) is 0. The zero-order chi connectivity index (χ0) is 18.4. The third-order valence-corrected chi connectivity index (χ3v) is 6.84. The van der Waals surface area contributed by atoms with Crippen LogP contribution in [-0.4, -0.2) is 38.2 Å². The van der Waals surface area contributed by atoms with Crippen LogP contribution in [0.25, 0.3) is 0 Å². The fraction of sp³-hybridized carbons (Fsp3) is 0.429. The van der Waals surface area contributed by atoms with E-state index in [1.54, 1.807) is 4.31 Å². The van der Waals surface area contributed by atoms with Crippen LogP contribution in [0.5, 0.6) is 5.75 Å². The smallest absolute Gasteiger partial charge is 0.214 e. The van der Waals surface area contributed by atoms with Crippen molar-refractivity contribution in [1.82, 2.24) is 4.31 Å². The number of ether oxygens (including phenoxy) is 1. The highest BCUT2D eigenvalue weighted by Crippen LogP contribution is 2.22. The predicted octanol–water partition coefficient (Wildman–Crippen LogP) is 3.66. The topological polar surface area (TPSA) is 46.6 Å². The fourth-order valence-electron chi connectivity index (χ4n) is 3.22. The van der Waals surface area contributed by atoms with Gasteiger partial charge in [-0.1, -0.05) is 48.0 Å². The molecule has 140 valence electrons. The number of hydrogen-bond acceptors (Lipinski definition) is 3. The zero-order valence-corrected chi connectivity index (χ0v) is 16.1. The van der Waals surface area contributed by atoms with Gasteiger partial charge in [0.2, 0.25) is 10.0 Å². The summed E-state index contributed by atoms with van der Waals surface area (Å²) in [6.45, 7) is 3.90. The average molecular weight is 374 g/mol. The molecule has 26 heavy (non-hydrogen) atoms. The highest BCUT2D eigenvalue weighted by Gasteiger charge is 2.28. The Kier molecular flexibility index (Phi) is 6.33. The molecule has 0 bridgehead atoms. The zero-order valence-electron chi connectivity index (χ0n) is 15.3. The number of rotatable bonds is 7. The van der Waals surface area contributed by atoms with Crippen LogP contribution in [0.4, 0.5) is 0 Å². The van der Waals surface area contributed by atoms with Crippen molar-refractivity contribution in [3.8, 4) is 5.75 Å². The molecule has 1 fully saturated rings. The first-order chi connectivity index (χ1) is 12.5. The van der Waals surface area contributed by atoms with E-state index in [0.29, 0.717) is 32.0 Å². The van der Waals surface area contributed by atoms with Gasteiger partial charge in [-0.25, -0.2) is 12.7 Å². The van der Waals surface area contributed by atoms with Crippen LogP contribution in [-0.2, 0) is 16.4 Å². The van der Waals surface area contributed by atoms with E-state index in [1.807, 2.05) is 54.6 Å². The van der Waals surface area contributed by atoms with Crippen molar-refractivity contribution >= 4 is 10.0 Å². The third-order valence-electron chi connectivity index (χ3n) is 4.97. The van der Waals surface area contributed by atoms with E-state index in [4.69, 9.17) is 4.74 Å². The van der Waals surface area contributed by atoms with E-state index >= 15 is 0 Å². The van der Waals surface area contributed by atoms with Gasteiger partial charge in [-0.15, -0.1) is 0 Å². The second-order valence-electron chi connectivity index (χ2n) is 7.02. The van der Waals surface area contributed by atoms with Crippen molar-refractivity contribution in [3.05, 3.63) is 65.7 Å². The number of sulfonamides is 1. The molecule has 1 aliphatic rings. The summed E-state index contributed by atoms with van der Waals surface area (Å²) in [5, 5.41) is 0. The second-order valence-corrected chi connectivity index (χ2v) is 9.11. The van der Waals surface area contributed by atoms with Gasteiger partial charge in [-0.2, -0.15) is 0 Å². The van der Waals surface area contributed by atoms with Crippen molar-refractivity contribution in [1.29, 1.82) is 0 Å². The first-order valence-electron chi connectivity index (χ1n) is 9.24. The van der Waals surface area contributed by atoms with E-state index in [9.17, 15) is 8.42 Å². The highest BCUT2D eigenvalue weighted by molar-refractivity contribution is 7.89. The Bertz CT molecular complexity index is 780. The maximum Gasteiger partial charge on any atom is 0.214 e. The Hall–Kier alpha value is -1.85. The van der Waals surface area contributed by atoms with E-state index in [-0.39, 0.29) is 5.75 Å². The van der Waals surface area contributed by atoms with Gasteiger partial charge < -0.3 is 4.74 Å². The molecular weight excluding hydrogens is 346 g/mol. The summed E-state index contributed by atoms with van der Waals surface area (Å²) in [6, 6.07) is 17.8. The fourth-order valence-corrected chi connectivity index (χ4v) is 4.74. The minimum atomic E-state index is -3.18. The first-order valence-corrected chi connectivity index (χ1v) is 10.8. The average Bonchev–Trinajstić information content (AvgIpc) is 2.67. The summed E-state index contributed by atoms with van der Waals surface area (Å²) in [6.07, 6.45) is 2.28. The molecule has 2 aromatic carbocycles. The first kappa shape index (κ1) is 18.9. The van der Waals surface area contributed by atoms with Crippen LogP contribution in [0.3, 0.4) is 0 Å². The molecule has 1 heterocycles. The van der Waals surface area contributed by atoms with Crippen molar-refractivity contribution in [2.75, 3.05) is 25.4 Å². The van der Waals surface area contributed by atoms with E-state index in [1.165, 1.54) is 5.56 Å². The predicted molar refractivity (Wildman–Crippen MR) is 105 cm³/mol. The molecule has 0 atom stereocenters. The summed E-state index contributed by atoms with van der Waals surface area (Å²) in [4.78, 5) is 0. The van der Waals surface area contributed by atoms with Gasteiger partial charge in [0.05, 0.1) is 12.4 Å². The van der Waals surface area contributed by atoms with E-state index in [0.717, 1.165) is 24.2 Å². The lowest BCUT2D eigenvalue weighted by atomic mass is 9.99. The Morgan fingerprint density at radius 3 is 2.31 bits per heavy atom. The molecule has 0 aliphatic carbocycles. The van der Waals surface area contributed by atoms with Crippen LogP contribution in [0, 0.1) is 12.8 Å². The molecule has 2 aromatic rings. The van der Waals surface area contributed by atoms with Crippen molar-refractivity contribution in [2.45, 2.75) is 26.2 Å². The molecule has 0 unspecified atom stereocenters. The van der Waals surface area contributed by atoms with Gasteiger partial charge in [-0.3, -0.25) is 0 Å². The number of nitrogens with zero attached hydrogens (tertiary/aromatic N) is 1. The quantitative estimate of drug-likeness (QED) is 0.744. The van der Waals surface area contributed by atoms with Crippen LogP contribution < -0.4 is 4.74 Å². The maximum atomic E-state index is 12.6. The van der Waals surface area contributed by atoms with Crippen LogP contribution in [0.1, 0.15) is 24.0 Å². The largest absolute Gasteiger partial charge is 0.493 e. The number of piperidine rings is 1. The normalized spacial score (nSPS) is 16.5. The Morgan fingerprint density at radius 2 is 1.65 bits per heavy atom. The lowest BCUT2D eigenvalue weighted by Crippen LogP contribution is -2.41. The molecule has 5 heteroatoms. The molecule has 4 nitrogen and oxygen atoms in total. The Morgan fingerprint density at radius 1 is 1.00 bits per heavy atom. The summed E-state index contributed by atoms with van der Waals surface area (Å²) in [7, 11) is -3.18. The molecule has 3 rings (SSSR count). The van der Waals surface area contributed by atoms with E-state index < -0.39 is 10.0 Å². The Balaban J connectivity index is 1.44. The molecule has 0 amide bonds. The summed E-state index contributed by atoms with van der Waals surface area (Å²) in [5.74, 6) is 1.48. The van der Waals surface area contributed by atoms with Gasteiger partial charge in [0.1, 0.15) is 5.75 Å². The second kappa shape index (κ2) is 8.69. The van der Waals surface area contributed by atoms with Crippen LogP contribution >= 0.6 is 0 Å². The molecular formula is C21H27NO3S. The van der Waals surface area contributed by atoms with Crippen molar-refractivity contribution in [3.63, 3.8) is 0 Å². The molecule has 1 saturated heterocycles. The molecule has 0 saturated carbocycles. The lowest BCUT2D eigenvalue weighted by Gasteiger charge is -2.31. The summed E-state index contributed by atoms with van der Waals surface area (Å²) < 4.78 is 32.7. The minimum absolute atomic E-state index is 0.182. The van der Waals surface area contributed by atoms with Gasteiger partial charge >= 0.3 is 0 Å². The minimum Gasteiger partial charge on any atom is -0.493 e. The SMILES string of the molecule is Cc1ccc(OCC2CCN(S(=O)(=O)CCc3ccccc3)CC2)cc1. The van der Waals surface area contributed by atoms with Crippen LogP contribution in [0.15, 0.2) is 54.6 Å². The van der Waals surface area contributed by atoms with Gasteiger partial charge in [0, 0.05) is 13.1 Å². The summed E-state index contributed by atoms with van der Waals surface area (Å²) in [5.41, 5.74) is 2.28. The third kappa shape index (κ3) is 5.32. The Labute approximate surface area is 156 Å². The van der Waals surface area contributed by atoms with Crippen molar-refractivity contribution in [2.24, 2.45) is 5.92 Å². The van der Waals surface area contributed by atoms with Gasteiger partial charge in [-0.05, 0) is 49.8 Å². The number of aryl methyl sites for hydroxylation is 2. The highest BCUT2D eigenvalue weighted by atomic mass is 32.2. The molecule has 0 spiro atoms. The standard InChI is InChI=1S/C21H27NO3S/c1-18-7-9-21(10-8-18)25-17-20-11-14-22(15-12-20)26(23,24)16-13-19-5-3-2-4-6-19/h2-10,20H,11-17H2,1H3. The monoisotopic (exact) mass is 373 g/mol. The number of benzene rings is 2. The summed E-state index contributed by atoms with van der Waals surface area (Å²) >= 11 is 0. The molecule has 1 aliphatic heterocycles. The van der Waals surface area contributed by atoms with E-state index in [2.05, 4.69) is 6.92 Å². The van der Waals surface area contributed by atoms with Gasteiger partial charge in [0.25, 0.3) is 0 Å². The molecule has 0 radical (unpaired) electrons. The molecule has 0 N–H and O–H groups in total. The maximum absolute atomic E-state index is 12.6.